The summed E-state index contributed by atoms with van der Waals surface area (Å²) in [5, 5.41) is 9.54. The number of amides is 3. The maximum Gasteiger partial charge on any atom is 0.344 e. The molecule has 3 amide bonds. The highest BCUT2D eigenvalue weighted by atomic mass is 19.1. The number of nitrogens with one attached hydrogen (secondary N) is 2. The zero-order valence-electron chi connectivity index (χ0n) is 35.4. The minimum absolute atomic E-state index is 0.00953. The third-order valence-electron chi connectivity index (χ3n) is 12.1. The van der Waals surface area contributed by atoms with Crippen molar-refractivity contribution in [1.82, 2.24) is 20.1 Å². The molecule has 4 heterocycles. The van der Waals surface area contributed by atoms with Crippen LogP contribution in [-0.2, 0) is 27.5 Å². The van der Waals surface area contributed by atoms with E-state index in [2.05, 4.69) is 22.7 Å². The second kappa shape index (κ2) is 20.8. The quantitative estimate of drug-likeness (QED) is 0.0912. The van der Waals surface area contributed by atoms with Gasteiger partial charge in [-0.25, -0.2) is 13.6 Å². The van der Waals surface area contributed by atoms with E-state index in [9.17, 15) is 32.8 Å². The molecule has 0 radical (unpaired) electrons. The lowest BCUT2D eigenvalue weighted by atomic mass is 9.85. The van der Waals surface area contributed by atoms with Gasteiger partial charge in [0, 0.05) is 49.9 Å². The summed E-state index contributed by atoms with van der Waals surface area (Å²) in [6, 6.07) is 8.32. The molecule has 328 valence electrons. The van der Waals surface area contributed by atoms with Gasteiger partial charge in [0.15, 0.2) is 11.3 Å². The third-order valence-corrected chi connectivity index (χ3v) is 12.1. The second-order valence-corrected chi connectivity index (χ2v) is 16.4. The number of esters is 1. The number of carbonyl (C=O) groups excluding carboxylic acids is 4. The third kappa shape index (κ3) is 10.7. The Morgan fingerprint density at radius 1 is 0.902 bits per heavy atom. The van der Waals surface area contributed by atoms with E-state index in [1.54, 1.807) is 23.1 Å². The van der Waals surface area contributed by atoms with E-state index in [1.165, 1.54) is 75.0 Å². The Hall–Kier alpha value is -5.60. The fourth-order valence-electron chi connectivity index (χ4n) is 8.46. The molecule has 2 N–H and O–H groups in total. The molecule has 3 aromatic rings. The molecule has 2 bridgehead atoms. The van der Waals surface area contributed by atoms with Gasteiger partial charge in [-0.1, -0.05) is 101 Å². The number of ether oxygens (including phenoxy) is 2. The first-order valence-electron chi connectivity index (χ1n) is 21.6. The zero-order chi connectivity index (χ0) is 43.5. The summed E-state index contributed by atoms with van der Waals surface area (Å²) in [6.07, 6.45) is 15.6. The van der Waals surface area contributed by atoms with Crippen LogP contribution in [0.15, 0.2) is 58.6 Å². The molecule has 0 saturated carbocycles. The maximum atomic E-state index is 14.5. The summed E-state index contributed by atoms with van der Waals surface area (Å²) >= 11 is 0. The Morgan fingerprint density at radius 3 is 2.28 bits per heavy atom. The highest BCUT2D eigenvalue weighted by Gasteiger charge is 2.55. The summed E-state index contributed by atoms with van der Waals surface area (Å²) in [5.41, 5.74) is -2.42. The number of aromatic nitrogens is 1. The van der Waals surface area contributed by atoms with Gasteiger partial charge in [0.05, 0.1) is 25.1 Å². The van der Waals surface area contributed by atoms with Gasteiger partial charge in [-0.05, 0) is 43.9 Å². The SMILES string of the molecule is CCCCCCCCCCCCCC(=O)NCc1ccccc1C(=O)Oc1c2n(cc(C(=O)NCc3ccc(F)cc3F)c1=O)[C@@H]1CN(C2=O)[C@@H](C)CC[C@]12CC(OC)=NO2. The summed E-state index contributed by atoms with van der Waals surface area (Å²) in [4.78, 5) is 77.2. The number of rotatable bonds is 19. The molecule has 1 aromatic heterocycles. The van der Waals surface area contributed by atoms with Crippen LogP contribution in [0.5, 0.6) is 5.75 Å². The number of hydrogen-bond donors (Lipinski definition) is 2. The Labute approximate surface area is 355 Å². The van der Waals surface area contributed by atoms with Gasteiger partial charge in [0.1, 0.15) is 17.2 Å². The standard InChI is InChI=1S/C46H57F2N5O8/c1-4-5-6-7-8-9-10-11-12-13-14-19-38(54)49-26-31-17-15-16-18-34(31)45(58)60-42-40-44(57)52-29-37(46(23-22-30(52)2)25-39(59-3)51-61-46)53(40)28-35(41(42)55)43(56)50-27-32-20-21-33(47)24-36(32)48/h15-18,20-21,24,28,30,37H,4-14,19,22-23,25-27,29H2,1-3H3,(H,49,54)(H,50,56)/t30-,37+,46-/m0/s1. The fourth-order valence-corrected chi connectivity index (χ4v) is 8.46. The smallest absolute Gasteiger partial charge is 0.344 e. The number of carbonyl (C=O) groups is 4. The van der Waals surface area contributed by atoms with Crippen molar-refractivity contribution in [3.63, 3.8) is 0 Å². The Morgan fingerprint density at radius 2 is 1.59 bits per heavy atom. The molecule has 1 saturated heterocycles. The highest BCUT2D eigenvalue weighted by Crippen LogP contribution is 2.46. The van der Waals surface area contributed by atoms with E-state index in [0.29, 0.717) is 36.8 Å². The molecular formula is C46H57F2N5O8. The number of pyridine rings is 1. The van der Waals surface area contributed by atoms with Gasteiger partial charge < -0.3 is 34.4 Å². The van der Waals surface area contributed by atoms with Crippen LogP contribution in [0.3, 0.4) is 0 Å². The van der Waals surface area contributed by atoms with E-state index in [4.69, 9.17) is 14.3 Å². The Bertz CT molecular complexity index is 2180. The van der Waals surface area contributed by atoms with Crippen LogP contribution < -0.4 is 20.8 Å². The van der Waals surface area contributed by atoms with Crippen molar-refractivity contribution < 1.29 is 42.3 Å². The van der Waals surface area contributed by atoms with Crippen LogP contribution in [0.4, 0.5) is 8.78 Å². The molecule has 13 nitrogen and oxygen atoms in total. The van der Waals surface area contributed by atoms with Crippen molar-refractivity contribution in [2.45, 2.75) is 141 Å². The average molecular weight is 846 g/mol. The van der Waals surface area contributed by atoms with Crippen LogP contribution in [0.2, 0.25) is 0 Å². The van der Waals surface area contributed by atoms with E-state index in [1.807, 2.05) is 6.92 Å². The second-order valence-electron chi connectivity index (χ2n) is 16.4. The first-order valence-corrected chi connectivity index (χ1v) is 21.6. The van der Waals surface area contributed by atoms with Gasteiger partial charge in [0.2, 0.25) is 23.0 Å². The van der Waals surface area contributed by atoms with Crippen molar-refractivity contribution in [1.29, 1.82) is 0 Å². The molecule has 1 fully saturated rings. The van der Waals surface area contributed by atoms with E-state index < -0.39 is 64.3 Å². The number of nitrogens with zero attached hydrogens (tertiary/aromatic N) is 3. The Kier molecular flexibility index (Phi) is 15.3. The van der Waals surface area contributed by atoms with Gasteiger partial charge in [-0.2, -0.15) is 0 Å². The lowest BCUT2D eigenvalue weighted by Crippen LogP contribution is -2.52. The number of benzene rings is 2. The normalized spacial score (nSPS) is 19.1. The van der Waals surface area contributed by atoms with Gasteiger partial charge in [0.25, 0.3) is 11.8 Å². The largest absolute Gasteiger partial charge is 0.482 e. The van der Waals surface area contributed by atoms with E-state index in [-0.39, 0.29) is 48.3 Å². The summed E-state index contributed by atoms with van der Waals surface area (Å²) < 4.78 is 40.9. The minimum atomic E-state index is -1.05. The summed E-state index contributed by atoms with van der Waals surface area (Å²) in [5.74, 6) is -4.72. The Balaban J connectivity index is 1.22. The monoisotopic (exact) mass is 845 g/mol. The van der Waals surface area contributed by atoms with Gasteiger partial charge in [-0.15, -0.1) is 0 Å². The summed E-state index contributed by atoms with van der Waals surface area (Å²) in [6.45, 7) is 3.83. The number of hydrogen-bond acceptors (Lipinski definition) is 9. The van der Waals surface area contributed by atoms with E-state index >= 15 is 0 Å². The van der Waals surface area contributed by atoms with Crippen molar-refractivity contribution in [2.75, 3.05) is 13.7 Å². The predicted octanol–water partition coefficient (Wildman–Crippen LogP) is 7.89. The van der Waals surface area contributed by atoms with Gasteiger partial charge in [-0.3, -0.25) is 19.2 Å². The number of fused-ring (bicyclic) bond motifs is 5. The van der Waals surface area contributed by atoms with Crippen LogP contribution in [-0.4, -0.2) is 64.4 Å². The highest BCUT2D eigenvalue weighted by molar-refractivity contribution is 6.01. The van der Waals surface area contributed by atoms with Crippen LogP contribution in [0.25, 0.3) is 0 Å². The molecule has 3 aliphatic heterocycles. The van der Waals surface area contributed by atoms with E-state index in [0.717, 1.165) is 31.7 Å². The molecule has 3 aliphatic rings. The molecule has 0 aliphatic carbocycles. The molecule has 3 atom stereocenters. The summed E-state index contributed by atoms with van der Waals surface area (Å²) in [7, 11) is 1.47. The molecular weight excluding hydrogens is 789 g/mol. The first-order chi connectivity index (χ1) is 29.5. The fraction of sp³-hybridized carbons (Fsp3) is 0.522. The zero-order valence-corrected chi connectivity index (χ0v) is 35.4. The molecule has 6 rings (SSSR count). The van der Waals surface area contributed by atoms with Crippen LogP contribution >= 0.6 is 0 Å². The maximum absolute atomic E-state index is 14.5. The molecule has 2 aromatic carbocycles. The van der Waals surface area contributed by atoms with Crippen molar-refractivity contribution in [3.05, 3.63) is 98.5 Å². The van der Waals surface area contributed by atoms with Gasteiger partial charge >= 0.3 is 5.97 Å². The van der Waals surface area contributed by atoms with Crippen LogP contribution in [0.1, 0.15) is 159 Å². The number of halogens is 2. The lowest BCUT2D eigenvalue weighted by molar-refractivity contribution is -0.121. The lowest BCUT2D eigenvalue weighted by Gasteiger charge is -2.41. The molecule has 0 unspecified atom stereocenters. The van der Waals surface area contributed by atoms with Crippen LogP contribution in [0, 0.1) is 11.6 Å². The van der Waals surface area contributed by atoms with Crippen molar-refractivity contribution in [3.8, 4) is 5.75 Å². The molecule has 1 spiro atoms. The van der Waals surface area contributed by atoms with Crippen molar-refractivity contribution in [2.24, 2.45) is 5.16 Å². The predicted molar refractivity (Wildman–Crippen MR) is 224 cm³/mol. The van der Waals surface area contributed by atoms with Crippen molar-refractivity contribution >= 4 is 29.6 Å². The topological polar surface area (TPSA) is 158 Å². The average Bonchev–Trinajstić information content (AvgIpc) is 3.63. The number of methoxy groups -OCH3 is 1. The molecule has 61 heavy (non-hydrogen) atoms. The number of unbranched alkanes of at least 4 members (excludes halogenated alkanes) is 10. The molecule has 15 heteroatoms. The minimum Gasteiger partial charge on any atom is -0.482 e. The first kappa shape index (κ1) is 44.9. The number of oxime groups is 1.